The van der Waals surface area contributed by atoms with Gasteiger partial charge in [0.15, 0.2) is 0 Å². The molecule has 1 aliphatic rings. The number of nitrogens with zero attached hydrogens (tertiary/aromatic N) is 1. The van der Waals surface area contributed by atoms with E-state index in [2.05, 4.69) is 26.1 Å². The number of nitrogens with one attached hydrogen (secondary N) is 1. The summed E-state index contributed by atoms with van der Waals surface area (Å²) in [6, 6.07) is 5.78. The first kappa shape index (κ1) is 18.3. The van der Waals surface area contributed by atoms with Crippen LogP contribution in [0.15, 0.2) is 18.2 Å². The van der Waals surface area contributed by atoms with Crippen molar-refractivity contribution in [2.45, 2.75) is 53.0 Å². The molecule has 2 amide bonds. The number of rotatable bonds is 4. The Labute approximate surface area is 144 Å². The molecule has 0 spiro atoms. The van der Waals surface area contributed by atoms with E-state index in [9.17, 15) is 9.59 Å². The van der Waals surface area contributed by atoms with Gasteiger partial charge in [0.2, 0.25) is 11.8 Å². The standard InChI is InChI=1S/C19H29N3O2/c1-13-5-6-14(18(20)24)11-16(13)21-15-7-9-22(10-8-15)17(23)12-19(2,3)4/h5-6,11,15,21H,7-10,12H2,1-4H3,(H2,20,24). The Kier molecular flexibility index (Phi) is 5.52. The summed E-state index contributed by atoms with van der Waals surface area (Å²) < 4.78 is 0. The zero-order chi connectivity index (χ0) is 17.9. The van der Waals surface area contributed by atoms with Gasteiger partial charge in [0, 0.05) is 36.8 Å². The second-order valence-electron chi connectivity index (χ2n) is 7.93. The highest BCUT2D eigenvalue weighted by atomic mass is 16.2. The number of primary amides is 1. The Morgan fingerprint density at radius 1 is 1.25 bits per heavy atom. The molecule has 5 nitrogen and oxygen atoms in total. The van der Waals surface area contributed by atoms with Crippen molar-refractivity contribution < 1.29 is 9.59 Å². The molecule has 1 aromatic rings. The second kappa shape index (κ2) is 7.24. The molecule has 0 aromatic heterocycles. The van der Waals surface area contributed by atoms with Crippen LogP contribution in [0.2, 0.25) is 0 Å². The van der Waals surface area contributed by atoms with Crippen LogP contribution < -0.4 is 11.1 Å². The van der Waals surface area contributed by atoms with E-state index < -0.39 is 5.91 Å². The van der Waals surface area contributed by atoms with Crippen LogP contribution in [0.5, 0.6) is 0 Å². The van der Waals surface area contributed by atoms with Crippen molar-refractivity contribution in [1.82, 2.24) is 4.90 Å². The average molecular weight is 331 g/mol. The van der Waals surface area contributed by atoms with E-state index in [4.69, 9.17) is 5.73 Å². The first-order chi connectivity index (χ1) is 11.2. The third kappa shape index (κ3) is 4.98. The highest BCUT2D eigenvalue weighted by molar-refractivity contribution is 5.94. The number of amides is 2. The Bertz CT molecular complexity index is 612. The van der Waals surface area contributed by atoms with Crippen LogP contribution in [0.1, 0.15) is 56.0 Å². The van der Waals surface area contributed by atoms with Gasteiger partial charge >= 0.3 is 0 Å². The number of piperidine rings is 1. The molecule has 1 aromatic carbocycles. The van der Waals surface area contributed by atoms with Gasteiger partial charge < -0.3 is 16.0 Å². The lowest BCUT2D eigenvalue weighted by atomic mass is 9.91. The maximum atomic E-state index is 12.3. The number of carbonyl (C=O) groups is 2. The fourth-order valence-electron chi connectivity index (χ4n) is 2.99. The SMILES string of the molecule is Cc1ccc(C(N)=O)cc1NC1CCN(C(=O)CC(C)(C)C)CC1. The normalized spacial score (nSPS) is 16.1. The summed E-state index contributed by atoms with van der Waals surface area (Å²) in [5, 5.41) is 3.51. The fourth-order valence-corrected chi connectivity index (χ4v) is 2.99. The summed E-state index contributed by atoms with van der Waals surface area (Å²) in [4.78, 5) is 25.6. The minimum atomic E-state index is -0.416. The maximum absolute atomic E-state index is 12.3. The summed E-state index contributed by atoms with van der Waals surface area (Å²) in [5.74, 6) is -0.173. The van der Waals surface area contributed by atoms with Crippen LogP contribution in [0.3, 0.4) is 0 Å². The molecule has 0 radical (unpaired) electrons. The third-order valence-electron chi connectivity index (χ3n) is 4.41. The van der Waals surface area contributed by atoms with Crippen LogP contribution >= 0.6 is 0 Å². The molecule has 5 heteroatoms. The molecule has 3 N–H and O–H groups in total. The number of nitrogens with two attached hydrogens (primary N) is 1. The van der Waals surface area contributed by atoms with Gasteiger partial charge in [-0.05, 0) is 42.9 Å². The van der Waals surface area contributed by atoms with Crippen LogP contribution in [-0.2, 0) is 4.79 Å². The predicted octanol–water partition coefficient (Wildman–Crippen LogP) is 2.93. The summed E-state index contributed by atoms with van der Waals surface area (Å²) in [6.45, 7) is 9.84. The van der Waals surface area contributed by atoms with E-state index in [1.807, 2.05) is 24.0 Å². The first-order valence-electron chi connectivity index (χ1n) is 8.60. The largest absolute Gasteiger partial charge is 0.382 e. The van der Waals surface area contributed by atoms with Crippen molar-refractivity contribution in [1.29, 1.82) is 0 Å². The smallest absolute Gasteiger partial charge is 0.248 e. The minimum absolute atomic E-state index is 0.0263. The van der Waals surface area contributed by atoms with Gasteiger partial charge in [0.1, 0.15) is 0 Å². The molecule has 1 fully saturated rings. The fraction of sp³-hybridized carbons (Fsp3) is 0.579. The van der Waals surface area contributed by atoms with Crippen LogP contribution in [-0.4, -0.2) is 35.8 Å². The van der Waals surface area contributed by atoms with Gasteiger partial charge in [0.05, 0.1) is 0 Å². The molecule has 1 aliphatic heterocycles. The van der Waals surface area contributed by atoms with Crippen LogP contribution in [0.25, 0.3) is 0 Å². The lowest BCUT2D eigenvalue weighted by molar-refractivity contribution is -0.134. The van der Waals surface area contributed by atoms with E-state index in [0.717, 1.165) is 37.2 Å². The number of anilines is 1. The summed E-state index contributed by atoms with van der Waals surface area (Å²) >= 11 is 0. The topological polar surface area (TPSA) is 75.4 Å². The number of hydrogen-bond acceptors (Lipinski definition) is 3. The van der Waals surface area contributed by atoms with Crippen molar-refractivity contribution in [3.05, 3.63) is 29.3 Å². The number of likely N-dealkylation sites (tertiary alicyclic amines) is 1. The van der Waals surface area contributed by atoms with E-state index in [1.54, 1.807) is 6.07 Å². The number of benzene rings is 1. The quantitative estimate of drug-likeness (QED) is 0.890. The Hall–Kier alpha value is -2.04. The molecule has 1 heterocycles. The zero-order valence-electron chi connectivity index (χ0n) is 15.2. The van der Waals surface area contributed by atoms with Gasteiger partial charge in [0.25, 0.3) is 0 Å². The lowest BCUT2D eigenvalue weighted by Crippen LogP contribution is -2.43. The number of carbonyl (C=O) groups excluding carboxylic acids is 2. The van der Waals surface area contributed by atoms with Gasteiger partial charge in [-0.1, -0.05) is 26.8 Å². The molecular formula is C19H29N3O2. The van der Waals surface area contributed by atoms with Crippen molar-refractivity contribution in [2.24, 2.45) is 11.1 Å². The zero-order valence-corrected chi connectivity index (χ0v) is 15.2. The molecule has 132 valence electrons. The van der Waals surface area contributed by atoms with E-state index in [1.165, 1.54) is 0 Å². The Morgan fingerprint density at radius 2 is 1.88 bits per heavy atom. The summed E-state index contributed by atoms with van der Waals surface area (Å²) in [7, 11) is 0. The van der Waals surface area contributed by atoms with E-state index in [0.29, 0.717) is 18.0 Å². The van der Waals surface area contributed by atoms with Crippen LogP contribution in [0, 0.1) is 12.3 Å². The molecule has 0 bridgehead atoms. The predicted molar refractivity (Wildman–Crippen MR) is 97.0 cm³/mol. The van der Waals surface area contributed by atoms with Crippen molar-refractivity contribution >= 4 is 17.5 Å². The molecular weight excluding hydrogens is 302 g/mol. The second-order valence-corrected chi connectivity index (χ2v) is 7.93. The highest BCUT2D eigenvalue weighted by Gasteiger charge is 2.26. The van der Waals surface area contributed by atoms with E-state index in [-0.39, 0.29) is 11.3 Å². The maximum Gasteiger partial charge on any atom is 0.248 e. The molecule has 24 heavy (non-hydrogen) atoms. The number of hydrogen-bond donors (Lipinski definition) is 2. The third-order valence-corrected chi connectivity index (χ3v) is 4.41. The summed E-state index contributed by atoms with van der Waals surface area (Å²) in [5.41, 5.74) is 7.94. The van der Waals surface area contributed by atoms with Crippen molar-refractivity contribution in [2.75, 3.05) is 18.4 Å². The molecule has 0 atom stereocenters. The molecule has 0 saturated carbocycles. The van der Waals surface area contributed by atoms with Crippen molar-refractivity contribution in [3.63, 3.8) is 0 Å². The Balaban J connectivity index is 1.93. The summed E-state index contributed by atoms with van der Waals surface area (Å²) in [6.07, 6.45) is 2.41. The molecule has 2 rings (SSSR count). The van der Waals surface area contributed by atoms with Gasteiger partial charge in [-0.2, -0.15) is 0 Å². The van der Waals surface area contributed by atoms with Gasteiger partial charge in [-0.15, -0.1) is 0 Å². The molecule has 0 aliphatic carbocycles. The first-order valence-corrected chi connectivity index (χ1v) is 8.60. The highest BCUT2D eigenvalue weighted by Crippen LogP contribution is 2.24. The van der Waals surface area contributed by atoms with Crippen LogP contribution in [0.4, 0.5) is 5.69 Å². The van der Waals surface area contributed by atoms with E-state index >= 15 is 0 Å². The molecule has 0 unspecified atom stereocenters. The lowest BCUT2D eigenvalue weighted by Gasteiger charge is -2.34. The van der Waals surface area contributed by atoms with Gasteiger partial charge in [-0.3, -0.25) is 9.59 Å². The monoisotopic (exact) mass is 331 g/mol. The number of aryl methyl sites for hydroxylation is 1. The van der Waals surface area contributed by atoms with Crippen molar-refractivity contribution in [3.8, 4) is 0 Å². The molecule has 1 saturated heterocycles. The Morgan fingerprint density at radius 3 is 2.42 bits per heavy atom. The minimum Gasteiger partial charge on any atom is -0.382 e. The van der Waals surface area contributed by atoms with Gasteiger partial charge in [-0.25, -0.2) is 0 Å². The average Bonchev–Trinajstić information content (AvgIpc) is 2.48.